The SMILES string of the molecule is CCCCCCOC1=CC(=O)C2(Oc3c(Cl)c(OC)cc(OC)c3C2=O)C(C)C1. The van der Waals surface area contributed by atoms with Gasteiger partial charge in [0.15, 0.2) is 5.75 Å². The Hall–Kier alpha value is -2.21. The van der Waals surface area contributed by atoms with Crippen molar-refractivity contribution in [1.82, 2.24) is 0 Å². The third-order valence-corrected chi connectivity index (χ3v) is 5.92. The van der Waals surface area contributed by atoms with Gasteiger partial charge in [0, 0.05) is 24.5 Å². The summed E-state index contributed by atoms with van der Waals surface area (Å²) in [6.07, 6.45) is 6.16. The van der Waals surface area contributed by atoms with Gasteiger partial charge in [0.1, 0.15) is 27.8 Å². The van der Waals surface area contributed by atoms with Crippen LogP contribution in [-0.4, -0.2) is 38.0 Å². The molecule has 1 spiro atoms. The predicted octanol–water partition coefficient (Wildman–Crippen LogP) is 4.76. The van der Waals surface area contributed by atoms with Crippen LogP contribution in [0, 0.1) is 5.92 Å². The first kappa shape index (κ1) is 21.5. The summed E-state index contributed by atoms with van der Waals surface area (Å²) in [6.45, 7) is 4.52. The topological polar surface area (TPSA) is 71.1 Å². The molecule has 1 aromatic rings. The van der Waals surface area contributed by atoms with Gasteiger partial charge >= 0.3 is 0 Å². The van der Waals surface area contributed by atoms with Gasteiger partial charge in [-0.05, 0) is 6.42 Å². The van der Waals surface area contributed by atoms with Crippen molar-refractivity contribution in [2.24, 2.45) is 5.92 Å². The molecule has 0 saturated heterocycles. The van der Waals surface area contributed by atoms with Crippen LogP contribution in [0.1, 0.15) is 56.3 Å². The Balaban J connectivity index is 1.88. The number of fused-ring (bicyclic) bond motifs is 1. The molecule has 0 aromatic heterocycles. The molecule has 1 aliphatic heterocycles. The maximum atomic E-state index is 13.4. The van der Waals surface area contributed by atoms with Crippen molar-refractivity contribution >= 4 is 23.2 Å². The van der Waals surface area contributed by atoms with Crippen molar-refractivity contribution in [2.45, 2.75) is 51.6 Å². The molecule has 0 radical (unpaired) electrons. The molecule has 0 fully saturated rings. The van der Waals surface area contributed by atoms with Crippen LogP contribution in [0.15, 0.2) is 17.9 Å². The van der Waals surface area contributed by atoms with Crippen LogP contribution >= 0.6 is 11.6 Å². The van der Waals surface area contributed by atoms with Gasteiger partial charge in [0.25, 0.3) is 0 Å². The molecule has 2 atom stereocenters. The quantitative estimate of drug-likeness (QED) is 0.444. The van der Waals surface area contributed by atoms with E-state index in [0.717, 1.165) is 25.7 Å². The molecule has 29 heavy (non-hydrogen) atoms. The third-order valence-electron chi connectivity index (χ3n) is 5.56. The molecular formula is C22H27ClO6. The molecule has 158 valence electrons. The van der Waals surface area contributed by atoms with Gasteiger partial charge in [0.05, 0.1) is 20.8 Å². The summed E-state index contributed by atoms with van der Waals surface area (Å²) in [7, 11) is 2.90. The van der Waals surface area contributed by atoms with Crippen LogP contribution < -0.4 is 14.2 Å². The average molecular weight is 423 g/mol. The third kappa shape index (κ3) is 3.59. The predicted molar refractivity (Wildman–Crippen MR) is 109 cm³/mol. The zero-order valence-corrected chi connectivity index (χ0v) is 18.1. The molecule has 3 rings (SSSR count). The average Bonchev–Trinajstić information content (AvgIpc) is 3.02. The van der Waals surface area contributed by atoms with Crippen molar-refractivity contribution in [3.05, 3.63) is 28.5 Å². The summed E-state index contributed by atoms with van der Waals surface area (Å²) in [4.78, 5) is 26.5. The highest BCUT2D eigenvalue weighted by molar-refractivity contribution is 6.36. The molecule has 6 nitrogen and oxygen atoms in total. The van der Waals surface area contributed by atoms with E-state index in [0.29, 0.717) is 24.5 Å². The maximum Gasteiger partial charge on any atom is 0.236 e. The first-order valence-electron chi connectivity index (χ1n) is 9.96. The highest BCUT2D eigenvalue weighted by Crippen LogP contribution is 2.53. The second-order valence-electron chi connectivity index (χ2n) is 7.46. The Kier molecular flexibility index (Phi) is 6.42. The van der Waals surface area contributed by atoms with Crippen molar-refractivity contribution in [1.29, 1.82) is 0 Å². The molecule has 7 heteroatoms. The number of hydrogen-bond donors (Lipinski definition) is 0. The van der Waals surface area contributed by atoms with Crippen LogP contribution in [-0.2, 0) is 9.53 Å². The molecule has 2 unspecified atom stereocenters. The van der Waals surface area contributed by atoms with Crippen molar-refractivity contribution in [3.63, 3.8) is 0 Å². The number of hydrogen-bond acceptors (Lipinski definition) is 6. The zero-order chi connectivity index (χ0) is 21.2. The van der Waals surface area contributed by atoms with Crippen molar-refractivity contribution in [3.8, 4) is 17.2 Å². The summed E-state index contributed by atoms with van der Waals surface area (Å²) in [5.41, 5.74) is -1.48. The van der Waals surface area contributed by atoms with E-state index in [2.05, 4.69) is 6.92 Å². The number of methoxy groups -OCH3 is 2. The fraction of sp³-hybridized carbons (Fsp3) is 0.545. The lowest BCUT2D eigenvalue weighted by Crippen LogP contribution is -2.54. The minimum atomic E-state index is -1.65. The number of carbonyl (C=O) groups is 2. The van der Waals surface area contributed by atoms with Gasteiger partial charge in [-0.1, -0.05) is 44.7 Å². The Bertz CT molecular complexity index is 846. The molecule has 2 aliphatic rings. The Morgan fingerprint density at radius 3 is 2.52 bits per heavy atom. The monoisotopic (exact) mass is 422 g/mol. The zero-order valence-electron chi connectivity index (χ0n) is 17.3. The van der Waals surface area contributed by atoms with Gasteiger partial charge in [-0.2, -0.15) is 0 Å². The number of halogens is 1. The first-order chi connectivity index (χ1) is 13.9. The van der Waals surface area contributed by atoms with Gasteiger partial charge < -0.3 is 18.9 Å². The fourth-order valence-corrected chi connectivity index (χ4v) is 4.19. The van der Waals surface area contributed by atoms with Crippen molar-refractivity contribution in [2.75, 3.05) is 20.8 Å². The molecule has 0 N–H and O–H groups in total. The van der Waals surface area contributed by atoms with E-state index in [1.165, 1.54) is 26.4 Å². The van der Waals surface area contributed by atoms with E-state index in [1.807, 2.05) is 6.92 Å². The molecular weight excluding hydrogens is 396 g/mol. The molecule has 1 aromatic carbocycles. The summed E-state index contributed by atoms with van der Waals surface area (Å²) in [5.74, 6) is 0.0119. The van der Waals surface area contributed by atoms with E-state index >= 15 is 0 Å². The standard InChI is InChI=1S/C22H27ClO6/c1-5-6-7-8-9-28-14-10-13(2)22(17(24)11-14)21(25)18-15(26-3)12-16(27-4)19(23)20(18)29-22/h11-13H,5-10H2,1-4H3. The van der Waals surface area contributed by atoms with Crippen LogP contribution in [0.5, 0.6) is 17.2 Å². The Morgan fingerprint density at radius 1 is 1.17 bits per heavy atom. The van der Waals surface area contributed by atoms with Gasteiger partial charge in [-0.25, -0.2) is 0 Å². The molecule has 1 aliphatic carbocycles. The van der Waals surface area contributed by atoms with Crippen LogP contribution in [0.4, 0.5) is 0 Å². The van der Waals surface area contributed by atoms with Gasteiger partial charge in [0.2, 0.25) is 17.2 Å². The minimum absolute atomic E-state index is 0.130. The Morgan fingerprint density at radius 2 is 1.90 bits per heavy atom. The smallest absolute Gasteiger partial charge is 0.236 e. The minimum Gasteiger partial charge on any atom is -0.498 e. The summed E-state index contributed by atoms with van der Waals surface area (Å²) < 4.78 is 22.4. The number of benzene rings is 1. The number of ketones is 2. The summed E-state index contributed by atoms with van der Waals surface area (Å²) >= 11 is 6.38. The van der Waals surface area contributed by atoms with Gasteiger partial charge in [-0.3, -0.25) is 9.59 Å². The lowest BCUT2D eigenvalue weighted by Gasteiger charge is -2.34. The number of ether oxygens (including phenoxy) is 4. The molecule has 0 saturated carbocycles. The number of Topliss-reactive ketones (excluding diaryl/α,β-unsaturated/α-hetero) is 1. The summed E-state index contributed by atoms with van der Waals surface area (Å²) in [6, 6.07) is 1.53. The largest absolute Gasteiger partial charge is 0.498 e. The fourth-order valence-electron chi connectivity index (χ4n) is 3.92. The number of carbonyl (C=O) groups excluding carboxylic acids is 2. The van der Waals surface area contributed by atoms with Crippen LogP contribution in [0.3, 0.4) is 0 Å². The normalized spacial score (nSPS) is 22.9. The van der Waals surface area contributed by atoms with E-state index in [9.17, 15) is 9.59 Å². The molecule has 1 heterocycles. The molecule has 0 amide bonds. The molecule has 0 bridgehead atoms. The van der Waals surface area contributed by atoms with Crippen LogP contribution in [0.2, 0.25) is 5.02 Å². The highest BCUT2D eigenvalue weighted by atomic mass is 35.5. The lowest BCUT2D eigenvalue weighted by molar-refractivity contribution is -0.129. The van der Waals surface area contributed by atoms with E-state index in [-0.39, 0.29) is 22.1 Å². The second-order valence-corrected chi connectivity index (χ2v) is 7.83. The number of rotatable bonds is 8. The lowest BCUT2D eigenvalue weighted by atomic mass is 9.74. The second kappa shape index (κ2) is 8.66. The van der Waals surface area contributed by atoms with Crippen LogP contribution in [0.25, 0.3) is 0 Å². The Labute approximate surface area is 176 Å². The maximum absolute atomic E-state index is 13.4. The summed E-state index contributed by atoms with van der Waals surface area (Å²) in [5, 5.41) is 0.149. The first-order valence-corrected chi connectivity index (χ1v) is 10.3. The van der Waals surface area contributed by atoms with Crippen molar-refractivity contribution < 1.29 is 28.5 Å². The number of unbranched alkanes of at least 4 members (excludes halogenated alkanes) is 3. The highest BCUT2D eigenvalue weighted by Gasteiger charge is 2.60. The van der Waals surface area contributed by atoms with Gasteiger partial charge in [-0.15, -0.1) is 0 Å². The van der Waals surface area contributed by atoms with E-state index in [4.69, 9.17) is 30.5 Å². The van der Waals surface area contributed by atoms with E-state index in [1.54, 1.807) is 0 Å². The number of allylic oxidation sites excluding steroid dienone is 1. The van der Waals surface area contributed by atoms with E-state index < -0.39 is 23.1 Å².